The number of alkyl halides is 1. The molecule has 0 saturated carbocycles. The number of aryl methyl sites for hydroxylation is 2. The van der Waals surface area contributed by atoms with Crippen LogP contribution in [0.5, 0.6) is 5.88 Å². The van der Waals surface area contributed by atoms with Gasteiger partial charge in [-0.1, -0.05) is 5.16 Å². The lowest BCUT2D eigenvalue weighted by Crippen LogP contribution is -2.06. The molecule has 0 N–H and O–H groups in total. The van der Waals surface area contributed by atoms with E-state index in [9.17, 15) is 0 Å². The zero-order valence-electron chi connectivity index (χ0n) is 11.9. The number of fused-ring (bicyclic) bond motifs is 1. The van der Waals surface area contributed by atoms with Gasteiger partial charge in [-0.25, -0.2) is 9.97 Å². The Bertz CT molecular complexity index is 776. The minimum atomic E-state index is 0.267. The number of rotatable bonds is 4. The van der Waals surface area contributed by atoms with Gasteiger partial charge in [0.2, 0.25) is 5.88 Å². The summed E-state index contributed by atoms with van der Waals surface area (Å²) in [7, 11) is 1.55. The standard InChI is InChI=1S/C13H14ClN5O2/c1-7-9(8(2)21-18-7)5-19-10(4-14)17-11-12(19)15-6-16-13(11)20-3/h6H,4-5H2,1-3H3. The number of nitrogens with zero attached hydrogens (tertiary/aromatic N) is 5. The minimum absolute atomic E-state index is 0.267. The number of halogens is 1. The number of hydrogen-bond acceptors (Lipinski definition) is 6. The van der Waals surface area contributed by atoms with Crippen molar-refractivity contribution >= 4 is 22.8 Å². The maximum Gasteiger partial charge on any atom is 0.245 e. The van der Waals surface area contributed by atoms with Crippen molar-refractivity contribution in [2.24, 2.45) is 0 Å². The molecule has 21 heavy (non-hydrogen) atoms. The Kier molecular flexibility index (Phi) is 3.50. The van der Waals surface area contributed by atoms with Crippen LogP contribution in [0.3, 0.4) is 0 Å². The molecule has 110 valence electrons. The fourth-order valence-electron chi connectivity index (χ4n) is 2.26. The van der Waals surface area contributed by atoms with E-state index in [2.05, 4.69) is 20.1 Å². The summed E-state index contributed by atoms with van der Waals surface area (Å²) in [5, 5.41) is 3.97. The molecule has 0 aliphatic carbocycles. The molecule has 0 saturated heterocycles. The highest BCUT2D eigenvalue weighted by Gasteiger charge is 2.18. The lowest BCUT2D eigenvalue weighted by atomic mass is 10.2. The van der Waals surface area contributed by atoms with Crippen molar-refractivity contribution in [3.8, 4) is 5.88 Å². The molecule has 0 fully saturated rings. The first-order valence-corrected chi connectivity index (χ1v) is 6.91. The van der Waals surface area contributed by atoms with Gasteiger partial charge in [-0.15, -0.1) is 11.6 Å². The maximum atomic E-state index is 6.01. The highest BCUT2D eigenvalue weighted by molar-refractivity contribution is 6.16. The predicted molar refractivity (Wildman–Crippen MR) is 76.5 cm³/mol. The van der Waals surface area contributed by atoms with Crippen LogP contribution in [0.1, 0.15) is 22.8 Å². The third kappa shape index (κ3) is 2.23. The first-order valence-electron chi connectivity index (χ1n) is 6.37. The van der Waals surface area contributed by atoms with Crippen LogP contribution in [0.25, 0.3) is 11.2 Å². The molecule has 0 unspecified atom stereocenters. The second kappa shape index (κ2) is 5.33. The summed E-state index contributed by atoms with van der Waals surface area (Å²) in [4.78, 5) is 12.8. The van der Waals surface area contributed by atoms with Gasteiger partial charge in [0, 0.05) is 5.56 Å². The fraction of sp³-hybridized carbons (Fsp3) is 0.385. The molecular formula is C13H14ClN5O2. The van der Waals surface area contributed by atoms with E-state index in [0.29, 0.717) is 29.4 Å². The molecule has 3 heterocycles. The minimum Gasteiger partial charge on any atom is -0.479 e. The monoisotopic (exact) mass is 307 g/mol. The van der Waals surface area contributed by atoms with Gasteiger partial charge >= 0.3 is 0 Å². The van der Waals surface area contributed by atoms with E-state index in [1.807, 2.05) is 18.4 Å². The maximum absolute atomic E-state index is 6.01. The Labute approximate surface area is 125 Å². The number of aromatic nitrogens is 5. The molecular weight excluding hydrogens is 294 g/mol. The number of hydrogen-bond donors (Lipinski definition) is 0. The van der Waals surface area contributed by atoms with E-state index in [0.717, 1.165) is 17.0 Å². The summed E-state index contributed by atoms with van der Waals surface area (Å²) < 4.78 is 12.4. The molecule has 0 aliphatic rings. The fourth-order valence-corrected chi connectivity index (χ4v) is 2.47. The van der Waals surface area contributed by atoms with Crippen molar-refractivity contribution in [2.75, 3.05) is 7.11 Å². The van der Waals surface area contributed by atoms with E-state index in [1.54, 1.807) is 7.11 Å². The van der Waals surface area contributed by atoms with Crippen LogP contribution in [-0.4, -0.2) is 31.8 Å². The SMILES string of the molecule is COc1ncnc2c1nc(CCl)n2Cc1c(C)noc1C. The van der Waals surface area contributed by atoms with Crippen LogP contribution >= 0.6 is 11.6 Å². The third-order valence-electron chi connectivity index (χ3n) is 3.39. The molecule has 3 aromatic rings. The summed E-state index contributed by atoms with van der Waals surface area (Å²) in [5.41, 5.74) is 3.12. The number of methoxy groups -OCH3 is 1. The first-order chi connectivity index (χ1) is 10.2. The molecule has 0 spiro atoms. The highest BCUT2D eigenvalue weighted by atomic mass is 35.5. The van der Waals surface area contributed by atoms with Gasteiger partial charge in [0.1, 0.15) is 17.9 Å². The van der Waals surface area contributed by atoms with Crippen molar-refractivity contribution < 1.29 is 9.26 Å². The number of imidazole rings is 1. The largest absolute Gasteiger partial charge is 0.479 e. The molecule has 0 aromatic carbocycles. The van der Waals surface area contributed by atoms with Crippen molar-refractivity contribution in [1.29, 1.82) is 0 Å². The van der Waals surface area contributed by atoms with Gasteiger partial charge < -0.3 is 13.8 Å². The second-order valence-corrected chi connectivity index (χ2v) is 4.87. The van der Waals surface area contributed by atoms with Crippen LogP contribution in [0.4, 0.5) is 0 Å². The van der Waals surface area contributed by atoms with Crippen molar-refractivity contribution in [3.05, 3.63) is 29.2 Å². The van der Waals surface area contributed by atoms with Crippen LogP contribution in [0.2, 0.25) is 0 Å². The molecule has 3 rings (SSSR count). The Balaban J connectivity index is 2.17. The van der Waals surface area contributed by atoms with E-state index in [-0.39, 0.29) is 5.88 Å². The summed E-state index contributed by atoms with van der Waals surface area (Å²) in [6, 6.07) is 0. The normalized spacial score (nSPS) is 11.2. The zero-order chi connectivity index (χ0) is 15.0. The number of ether oxygens (including phenoxy) is 1. The quantitative estimate of drug-likeness (QED) is 0.688. The predicted octanol–water partition coefficient (Wildman–Crippen LogP) is 2.23. The average molecular weight is 308 g/mol. The Hall–Kier alpha value is -2.15. The van der Waals surface area contributed by atoms with E-state index in [1.165, 1.54) is 6.33 Å². The smallest absolute Gasteiger partial charge is 0.245 e. The van der Waals surface area contributed by atoms with Crippen molar-refractivity contribution in [1.82, 2.24) is 24.7 Å². The van der Waals surface area contributed by atoms with Crippen LogP contribution in [0, 0.1) is 13.8 Å². The highest BCUT2D eigenvalue weighted by Crippen LogP contribution is 2.24. The van der Waals surface area contributed by atoms with Crippen LogP contribution in [0.15, 0.2) is 10.9 Å². The van der Waals surface area contributed by atoms with Gasteiger partial charge in [0.15, 0.2) is 11.2 Å². The van der Waals surface area contributed by atoms with Gasteiger partial charge in [-0.2, -0.15) is 4.98 Å². The van der Waals surface area contributed by atoms with Crippen LogP contribution in [-0.2, 0) is 12.4 Å². The summed E-state index contributed by atoms with van der Waals surface area (Å²) in [5.74, 6) is 2.17. The molecule has 0 amide bonds. The van der Waals surface area contributed by atoms with Gasteiger partial charge in [0.25, 0.3) is 0 Å². The average Bonchev–Trinajstić information content (AvgIpc) is 3.02. The van der Waals surface area contributed by atoms with E-state index >= 15 is 0 Å². The van der Waals surface area contributed by atoms with Gasteiger partial charge in [-0.3, -0.25) is 0 Å². The zero-order valence-corrected chi connectivity index (χ0v) is 12.7. The summed E-state index contributed by atoms with van der Waals surface area (Å²) in [6.45, 7) is 4.32. The van der Waals surface area contributed by atoms with Gasteiger partial charge in [0.05, 0.1) is 25.2 Å². The van der Waals surface area contributed by atoms with E-state index in [4.69, 9.17) is 20.9 Å². The molecule has 3 aromatic heterocycles. The summed E-state index contributed by atoms with van der Waals surface area (Å²) in [6.07, 6.45) is 1.45. The topological polar surface area (TPSA) is 78.9 Å². The Morgan fingerprint density at radius 1 is 1.33 bits per heavy atom. The molecule has 7 nitrogen and oxygen atoms in total. The molecule has 0 atom stereocenters. The Morgan fingerprint density at radius 2 is 2.14 bits per heavy atom. The van der Waals surface area contributed by atoms with Gasteiger partial charge in [-0.05, 0) is 13.8 Å². The Morgan fingerprint density at radius 3 is 2.76 bits per heavy atom. The first kappa shape index (κ1) is 13.8. The lowest BCUT2D eigenvalue weighted by Gasteiger charge is -2.06. The summed E-state index contributed by atoms with van der Waals surface area (Å²) >= 11 is 6.01. The molecule has 8 heteroatoms. The molecule has 0 radical (unpaired) electrons. The third-order valence-corrected chi connectivity index (χ3v) is 3.63. The van der Waals surface area contributed by atoms with Crippen molar-refractivity contribution in [2.45, 2.75) is 26.3 Å². The second-order valence-electron chi connectivity index (χ2n) is 4.61. The lowest BCUT2D eigenvalue weighted by molar-refractivity contribution is 0.392. The van der Waals surface area contributed by atoms with Crippen molar-refractivity contribution in [3.63, 3.8) is 0 Å². The van der Waals surface area contributed by atoms with Crippen LogP contribution < -0.4 is 4.74 Å². The molecule has 0 aliphatic heterocycles. The molecule has 0 bridgehead atoms. The van der Waals surface area contributed by atoms with E-state index < -0.39 is 0 Å².